The van der Waals surface area contributed by atoms with Crippen LogP contribution < -0.4 is 10.1 Å². The molecule has 0 heterocycles. The summed E-state index contributed by atoms with van der Waals surface area (Å²) in [6, 6.07) is 6.64. The largest absolute Gasteiger partial charge is 0.495 e. The minimum Gasteiger partial charge on any atom is -0.495 e. The molecule has 1 aromatic rings. The summed E-state index contributed by atoms with van der Waals surface area (Å²) >= 11 is 6.10. The van der Waals surface area contributed by atoms with E-state index in [-0.39, 0.29) is 0 Å². The third-order valence-corrected chi connectivity index (χ3v) is 3.80. The van der Waals surface area contributed by atoms with E-state index in [0.29, 0.717) is 11.1 Å². The zero-order chi connectivity index (χ0) is 12.3. The van der Waals surface area contributed by atoms with Gasteiger partial charge in [-0.1, -0.05) is 24.6 Å². The Morgan fingerprint density at radius 1 is 1.41 bits per heavy atom. The number of hydrogen-bond donors (Lipinski definition) is 1. The van der Waals surface area contributed by atoms with Gasteiger partial charge in [-0.2, -0.15) is 0 Å². The number of nitrogens with one attached hydrogen (secondary N) is 1. The summed E-state index contributed by atoms with van der Waals surface area (Å²) in [6.45, 7) is 3.22. The summed E-state index contributed by atoms with van der Waals surface area (Å²) in [7, 11) is 1.64. The van der Waals surface area contributed by atoms with E-state index in [1.54, 1.807) is 7.11 Å². The lowest BCUT2D eigenvalue weighted by Crippen LogP contribution is -2.25. The van der Waals surface area contributed by atoms with Crippen molar-refractivity contribution in [1.29, 1.82) is 0 Å². The van der Waals surface area contributed by atoms with E-state index in [2.05, 4.69) is 18.3 Å². The van der Waals surface area contributed by atoms with Gasteiger partial charge >= 0.3 is 0 Å². The van der Waals surface area contributed by atoms with E-state index >= 15 is 0 Å². The van der Waals surface area contributed by atoms with E-state index in [1.807, 2.05) is 12.1 Å². The molecular weight excluding hydrogens is 234 g/mol. The number of methoxy groups -OCH3 is 1. The first-order chi connectivity index (χ1) is 8.19. The van der Waals surface area contributed by atoms with Gasteiger partial charge in [0.25, 0.3) is 0 Å². The van der Waals surface area contributed by atoms with Gasteiger partial charge < -0.3 is 10.1 Å². The first-order valence-corrected chi connectivity index (χ1v) is 6.62. The molecule has 0 aliphatic heterocycles. The Morgan fingerprint density at radius 3 is 2.82 bits per heavy atom. The van der Waals surface area contributed by atoms with Gasteiger partial charge in [0.05, 0.1) is 12.1 Å². The van der Waals surface area contributed by atoms with E-state index in [0.717, 1.165) is 18.2 Å². The molecule has 94 valence electrons. The predicted octanol–water partition coefficient (Wildman–Crippen LogP) is 3.63. The Labute approximate surface area is 108 Å². The fraction of sp³-hybridized carbons (Fsp3) is 0.571. The molecule has 2 unspecified atom stereocenters. The van der Waals surface area contributed by atoms with Gasteiger partial charge in [-0.05, 0) is 42.9 Å². The van der Waals surface area contributed by atoms with Gasteiger partial charge in [-0.25, -0.2) is 0 Å². The van der Waals surface area contributed by atoms with Gasteiger partial charge in [0.15, 0.2) is 0 Å². The Bertz CT molecular complexity index is 380. The molecule has 3 heteroatoms. The van der Waals surface area contributed by atoms with Gasteiger partial charge in [0.1, 0.15) is 5.75 Å². The minimum absolute atomic E-state index is 0.672. The summed E-state index contributed by atoms with van der Waals surface area (Å²) in [5.74, 6) is 1.61. The highest BCUT2D eigenvalue weighted by Gasteiger charge is 2.20. The quantitative estimate of drug-likeness (QED) is 0.885. The van der Waals surface area contributed by atoms with Crippen LogP contribution in [0.15, 0.2) is 18.2 Å². The molecule has 0 saturated heterocycles. The molecule has 0 radical (unpaired) electrons. The highest BCUT2D eigenvalue weighted by Crippen LogP contribution is 2.27. The smallest absolute Gasteiger partial charge is 0.137 e. The lowest BCUT2D eigenvalue weighted by atomic mass is 10.1. The monoisotopic (exact) mass is 253 g/mol. The zero-order valence-corrected chi connectivity index (χ0v) is 11.3. The molecule has 2 nitrogen and oxygen atoms in total. The van der Waals surface area contributed by atoms with Crippen molar-refractivity contribution in [2.45, 2.75) is 38.8 Å². The fourth-order valence-corrected chi connectivity index (χ4v) is 2.75. The summed E-state index contributed by atoms with van der Waals surface area (Å²) < 4.78 is 5.14. The van der Waals surface area contributed by atoms with Crippen molar-refractivity contribution in [1.82, 2.24) is 5.32 Å². The van der Waals surface area contributed by atoms with Crippen molar-refractivity contribution in [3.63, 3.8) is 0 Å². The molecular formula is C14H20ClNO. The third kappa shape index (κ3) is 3.36. The summed E-state index contributed by atoms with van der Waals surface area (Å²) in [5, 5.41) is 4.28. The second-order valence-corrected chi connectivity index (χ2v) is 5.37. The molecule has 0 spiro atoms. The first kappa shape index (κ1) is 12.7. The fourth-order valence-electron chi connectivity index (χ4n) is 2.47. The van der Waals surface area contributed by atoms with Crippen LogP contribution in [0.1, 0.15) is 31.7 Å². The second-order valence-electron chi connectivity index (χ2n) is 4.96. The Hall–Kier alpha value is -0.730. The molecule has 2 rings (SSSR count). The van der Waals surface area contributed by atoms with Crippen LogP contribution in [0.3, 0.4) is 0 Å². The van der Waals surface area contributed by atoms with E-state index in [1.165, 1.54) is 24.8 Å². The van der Waals surface area contributed by atoms with Crippen LogP contribution in [0.25, 0.3) is 0 Å². The standard InChI is InChI=1S/C14H20ClNO/c1-10-3-5-12(7-10)16-9-11-4-6-14(17-2)13(15)8-11/h4,6,8,10,12,16H,3,5,7,9H2,1-2H3. The van der Waals surface area contributed by atoms with Crippen LogP contribution in [0.4, 0.5) is 0 Å². The van der Waals surface area contributed by atoms with Crippen molar-refractivity contribution < 1.29 is 4.74 Å². The van der Waals surface area contributed by atoms with Crippen molar-refractivity contribution in [3.8, 4) is 5.75 Å². The predicted molar refractivity (Wildman–Crippen MR) is 71.6 cm³/mol. The van der Waals surface area contributed by atoms with Gasteiger partial charge in [0, 0.05) is 12.6 Å². The number of rotatable bonds is 4. The normalized spacial score (nSPS) is 23.9. The van der Waals surface area contributed by atoms with Crippen LogP contribution in [0, 0.1) is 5.92 Å². The number of benzene rings is 1. The van der Waals surface area contributed by atoms with Gasteiger partial charge in [0.2, 0.25) is 0 Å². The highest BCUT2D eigenvalue weighted by molar-refractivity contribution is 6.32. The number of ether oxygens (including phenoxy) is 1. The second kappa shape index (κ2) is 5.74. The molecule has 1 saturated carbocycles. The first-order valence-electron chi connectivity index (χ1n) is 6.25. The van der Waals surface area contributed by atoms with Crippen molar-refractivity contribution in [2.24, 2.45) is 5.92 Å². The van der Waals surface area contributed by atoms with Crippen LogP contribution >= 0.6 is 11.6 Å². The molecule has 1 aliphatic carbocycles. The lowest BCUT2D eigenvalue weighted by molar-refractivity contribution is 0.414. The Morgan fingerprint density at radius 2 is 2.24 bits per heavy atom. The molecule has 1 aliphatic rings. The average Bonchev–Trinajstić information content (AvgIpc) is 2.73. The maximum atomic E-state index is 6.10. The van der Waals surface area contributed by atoms with Crippen molar-refractivity contribution in [2.75, 3.05) is 7.11 Å². The zero-order valence-electron chi connectivity index (χ0n) is 10.5. The molecule has 0 bridgehead atoms. The molecule has 0 amide bonds. The molecule has 1 fully saturated rings. The van der Waals surface area contributed by atoms with Gasteiger partial charge in [-0.3, -0.25) is 0 Å². The van der Waals surface area contributed by atoms with Crippen LogP contribution in [0.2, 0.25) is 5.02 Å². The van der Waals surface area contributed by atoms with E-state index in [9.17, 15) is 0 Å². The maximum Gasteiger partial charge on any atom is 0.137 e. The van der Waals surface area contributed by atoms with Crippen molar-refractivity contribution in [3.05, 3.63) is 28.8 Å². The molecule has 17 heavy (non-hydrogen) atoms. The van der Waals surface area contributed by atoms with E-state index < -0.39 is 0 Å². The molecule has 1 aromatic carbocycles. The third-order valence-electron chi connectivity index (χ3n) is 3.51. The Balaban J connectivity index is 1.88. The average molecular weight is 254 g/mol. The topological polar surface area (TPSA) is 21.3 Å². The number of hydrogen-bond acceptors (Lipinski definition) is 2. The van der Waals surface area contributed by atoms with Gasteiger partial charge in [-0.15, -0.1) is 0 Å². The van der Waals surface area contributed by atoms with E-state index in [4.69, 9.17) is 16.3 Å². The van der Waals surface area contributed by atoms with Crippen molar-refractivity contribution >= 4 is 11.6 Å². The molecule has 0 aromatic heterocycles. The summed E-state index contributed by atoms with van der Waals surface area (Å²) in [5.41, 5.74) is 1.22. The Kier molecular flexibility index (Phi) is 4.30. The van der Waals surface area contributed by atoms with Crippen LogP contribution in [-0.4, -0.2) is 13.2 Å². The lowest BCUT2D eigenvalue weighted by Gasteiger charge is -2.13. The summed E-state index contributed by atoms with van der Waals surface area (Å²) in [6.07, 6.45) is 3.94. The van der Waals surface area contributed by atoms with Crippen LogP contribution in [0.5, 0.6) is 5.75 Å². The maximum absolute atomic E-state index is 6.10. The minimum atomic E-state index is 0.672. The molecule has 1 N–H and O–H groups in total. The highest BCUT2D eigenvalue weighted by atomic mass is 35.5. The number of halogens is 1. The summed E-state index contributed by atoms with van der Waals surface area (Å²) in [4.78, 5) is 0. The molecule has 2 atom stereocenters. The SMILES string of the molecule is COc1ccc(CNC2CCC(C)C2)cc1Cl. The van der Waals surface area contributed by atoms with Crippen LogP contribution in [-0.2, 0) is 6.54 Å².